The molecule has 1 aliphatic rings. The predicted octanol–water partition coefficient (Wildman–Crippen LogP) is 0.356. The zero-order chi connectivity index (χ0) is 10.1. The van der Waals surface area contributed by atoms with Crippen LogP contribution >= 0.6 is 0 Å². The number of nitrogens with zero attached hydrogens (tertiary/aromatic N) is 1. The van der Waals surface area contributed by atoms with Crippen molar-refractivity contribution in [2.24, 2.45) is 11.7 Å². The Morgan fingerprint density at radius 3 is 2.54 bits per heavy atom. The van der Waals surface area contributed by atoms with Gasteiger partial charge in [0.2, 0.25) is 5.91 Å². The van der Waals surface area contributed by atoms with Gasteiger partial charge < -0.3 is 10.6 Å². The summed E-state index contributed by atoms with van der Waals surface area (Å²) >= 11 is 0. The number of nitrogens with two attached hydrogens (primary N) is 1. The molecule has 2 N–H and O–H groups in total. The van der Waals surface area contributed by atoms with Crippen molar-refractivity contribution in [3.8, 4) is 0 Å². The highest BCUT2D eigenvalue weighted by Crippen LogP contribution is 2.22. The molecule has 0 bridgehead atoms. The van der Waals surface area contributed by atoms with Crippen molar-refractivity contribution in [3.63, 3.8) is 0 Å². The van der Waals surface area contributed by atoms with Crippen molar-refractivity contribution in [2.45, 2.75) is 12.6 Å². The van der Waals surface area contributed by atoms with Crippen LogP contribution in [0.2, 0.25) is 0 Å². The van der Waals surface area contributed by atoms with Crippen molar-refractivity contribution in [2.75, 3.05) is 19.6 Å². The number of hydrogen-bond acceptors (Lipinski definition) is 2. The Morgan fingerprint density at radius 2 is 2.15 bits per heavy atom. The number of rotatable bonds is 2. The molecule has 1 atom stereocenters. The normalized spacial score (nSPS) is 24.2. The first-order valence-corrected chi connectivity index (χ1v) is 3.97. The van der Waals surface area contributed by atoms with Crippen LogP contribution in [0.5, 0.6) is 0 Å². The van der Waals surface area contributed by atoms with E-state index in [4.69, 9.17) is 5.73 Å². The summed E-state index contributed by atoms with van der Waals surface area (Å²) < 4.78 is 35.7. The number of likely N-dealkylation sites (tertiary alicyclic amines) is 1. The molecule has 1 saturated heterocycles. The second-order valence-electron chi connectivity index (χ2n) is 3.20. The molecule has 0 aromatic heterocycles. The van der Waals surface area contributed by atoms with Gasteiger partial charge in [-0.25, -0.2) is 0 Å². The fourth-order valence-electron chi connectivity index (χ4n) is 1.38. The maximum atomic E-state index is 11.9. The van der Waals surface area contributed by atoms with Gasteiger partial charge in [0.15, 0.2) is 0 Å². The van der Waals surface area contributed by atoms with Crippen LogP contribution in [-0.4, -0.2) is 36.6 Å². The summed E-state index contributed by atoms with van der Waals surface area (Å²) in [5.41, 5.74) is 5.26. The summed E-state index contributed by atoms with van der Waals surface area (Å²) in [6, 6.07) is 0. The van der Waals surface area contributed by atoms with E-state index in [2.05, 4.69) is 0 Å². The molecule has 0 aromatic rings. The first kappa shape index (κ1) is 10.3. The molecule has 3 nitrogen and oxygen atoms in total. The van der Waals surface area contributed by atoms with E-state index in [-0.39, 0.29) is 25.4 Å². The third kappa shape index (κ3) is 2.87. The highest BCUT2D eigenvalue weighted by Gasteiger charge is 2.37. The van der Waals surface area contributed by atoms with Crippen molar-refractivity contribution in [1.29, 1.82) is 0 Å². The van der Waals surface area contributed by atoms with Crippen LogP contribution in [0.4, 0.5) is 13.2 Å². The molecule has 76 valence electrons. The van der Waals surface area contributed by atoms with Gasteiger partial charge in [-0.2, -0.15) is 13.2 Å². The minimum absolute atomic E-state index is 0.116. The number of amides is 1. The fourth-order valence-corrected chi connectivity index (χ4v) is 1.38. The van der Waals surface area contributed by atoms with Crippen LogP contribution in [0.15, 0.2) is 0 Å². The predicted molar refractivity (Wildman–Crippen MR) is 39.8 cm³/mol. The SMILES string of the molecule is NCC1CC(=O)N(CC(F)(F)F)C1. The lowest BCUT2D eigenvalue weighted by molar-refractivity contribution is -0.157. The molecule has 1 unspecified atom stereocenters. The summed E-state index contributed by atoms with van der Waals surface area (Å²) in [7, 11) is 0. The molecule has 1 fully saturated rings. The maximum absolute atomic E-state index is 11.9. The van der Waals surface area contributed by atoms with E-state index in [1.54, 1.807) is 0 Å². The van der Waals surface area contributed by atoms with Gasteiger partial charge in [0.1, 0.15) is 6.54 Å². The van der Waals surface area contributed by atoms with Crippen LogP contribution in [0.1, 0.15) is 6.42 Å². The molecule has 1 aliphatic heterocycles. The molecule has 0 saturated carbocycles. The van der Waals surface area contributed by atoms with Crippen molar-refractivity contribution >= 4 is 5.91 Å². The van der Waals surface area contributed by atoms with Gasteiger partial charge in [-0.05, 0) is 12.5 Å². The third-order valence-electron chi connectivity index (χ3n) is 2.00. The zero-order valence-electron chi connectivity index (χ0n) is 6.97. The van der Waals surface area contributed by atoms with Gasteiger partial charge >= 0.3 is 6.18 Å². The molecule has 6 heteroatoms. The maximum Gasteiger partial charge on any atom is 0.406 e. The average Bonchev–Trinajstić information content (AvgIpc) is 2.29. The van der Waals surface area contributed by atoms with Crippen LogP contribution in [0, 0.1) is 5.92 Å². The van der Waals surface area contributed by atoms with Gasteiger partial charge in [-0.3, -0.25) is 4.79 Å². The Morgan fingerprint density at radius 1 is 1.54 bits per heavy atom. The smallest absolute Gasteiger partial charge is 0.333 e. The second kappa shape index (κ2) is 3.53. The highest BCUT2D eigenvalue weighted by atomic mass is 19.4. The number of carbonyl (C=O) groups is 1. The molecule has 0 aliphatic carbocycles. The Bertz CT molecular complexity index is 204. The quantitative estimate of drug-likeness (QED) is 0.693. The fraction of sp³-hybridized carbons (Fsp3) is 0.857. The molecular formula is C7H11F3N2O. The number of carbonyl (C=O) groups excluding carboxylic acids is 1. The third-order valence-corrected chi connectivity index (χ3v) is 2.00. The molecule has 0 radical (unpaired) electrons. The highest BCUT2D eigenvalue weighted by molar-refractivity contribution is 5.78. The topological polar surface area (TPSA) is 46.3 Å². The van der Waals surface area contributed by atoms with Crippen molar-refractivity contribution in [3.05, 3.63) is 0 Å². The van der Waals surface area contributed by atoms with Gasteiger partial charge in [-0.15, -0.1) is 0 Å². The zero-order valence-corrected chi connectivity index (χ0v) is 6.97. The minimum atomic E-state index is -4.31. The van der Waals surface area contributed by atoms with E-state index in [1.807, 2.05) is 0 Å². The Balaban J connectivity index is 2.49. The average molecular weight is 196 g/mol. The van der Waals surface area contributed by atoms with E-state index in [9.17, 15) is 18.0 Å². The van der Waals surface area contributed by atoms with E-state index in [1.165, 1.54) is 0 Å². The molecule has 1 amide bonds. The molecular weight excluding hydrogens is 185 g/mol. The summed E-state index contributed by atoms with van der Waals surface area (Å²) in [5, 5.41) is 0. The van der Waals surface area contributed by atoms with Crippen molar-refractivity contribution in [1.82, 2.24) is 4.90 Å². The second-order valence-corrected chi connectivity index (χ2v) is 3.20. The van der Waals surface area contributed by atoms with Crippen LogP contribution in [0.3, 0.4) is 0 Å². The van der Waals surface area contributed by atoms with Crippen LogP contribution in [-0.2, 0) is 4.79 Å². The number of alkyl halides is 3. The molecule has 1 rings (SSSR count). The van der Waals surface area contributed by atoms with Crippen molar-refractivity contribution < 1.29 is 18.0 Å². The summed E-state index contributed by atoms with van der Waals surface area (Å²) in [5.74, 6) is -0.567. The lowest BCUT2D eigenvalue weighted by Crippen LogP contribution is -2.35. The van der Waals surface area contributed by atoms with E-state index in [0.29, 0.717) is 0 Å². The molecule has 13 heavy (non-hydrogen) atoms. The Kier molecular flexibility index (Phi) is 2.80. The van der Waals surface area contributed by atoms with Gasteiger partial charge in [0, 0.05) is 13.0 Å². The van der Waals surface area contributed by atoms with Gasteiger partial charge in [0.05, 0.1) is 0 Å². The largest absolute Gasteiger partial charge is 0.406 e. The Labute approximate surface area is 73.7 Å². The Hall–Kier alpha value is -0.780. The van der Waals surface area contributed by atoms with E-state index < -0.39 is 18.6 Å². The van der Waals surface area contributed by atoms with E-state index >= 15 is 0 Å². The minimum Gasteiger partial charge on any atom is -0.333 e. The lowest BCUT2D eigenvalue weighted by atomic mass is 10.1. The van der Waals surface area contributed by atoms with Crippen LogP contribution < -0.4 is 5.73 Å². The van der Waals surface area contributed by atoms with Crippen LogP contribution in [0.25, 0.3) is 0 Å². The summed E-state index contributed by atoms with van der Waals surface area (Å²) in [6.07, 6.45) is -4.16. The molecule has 0 aromatic carbocycles. The number of halogens is 3. The summed E-state index contributed by atoms with van der Waals surface area (Å²) in [6.45, 7) is -0.753. The van der Waals surface area contributed by atoms with Gasteiger partial charge in [-0.1, -0.05) is 0 Å². The summed E-state index contributed by atoms with van der Waals surface area (Å²) in [4.78, 5) is 11.8. The molecule has 1 heterocycles. The first-order chi connectivity index (χ1) is 5.92. The number of hydrogen-bond donors (Lipinski definition) is 1. The monoisotopic (exact) mass is 196 g/mol. The van der Waals surface area contributed by atoms with Gasteiger partial charge in [0.25, 0.3) is 0 Å². The van der Waals surface area contributed by atoms with E-state index in [0.717, 1.165) is 4.90 Å². The molecule has 0 spiro atoms. The standard InChI is InChI=1S/C7H11F3N2O/c8-7(9,10)4-12-3-5(2-11)1-6(12)13/h5H,1-4,11H2. The first-order valence-electron chi connectivity index (χ1n) is 3.97. The lowest BCUT2D eigenvalue weighted by Gasteiger charge is -2.17.